The fourth-order valence-electron chi connectivity index (χ4n) is 3.11. The topological polar surface area (TPSA) is 64.8 Å². The average Bonchev–Trinajstić information content (AvgIpc) is 3.02. The summed E-state index contributed by atoms with van der Waals surface area (Å²) in [7, 11) is 1.59. The molecule has 0 saturated carbocycles. The van der Waals surface area contributed by atoms with E-state index in [2.05, 4.69) is 0 Å². The average molecular weight is 328 g/mol. The molecule has 0 N–H and O–H groups in total. The predicted octanol–water partition coefficient (Wildman–Crippen LogP) is 3.61. The fourth-order valence-corrected chi connectivity index (χ4v) is 3.11. The first-order chi connectivity index (χ1) is 11.7. The molecule has 0 radical (unpaired) electrons. The summed E-state index contributed by atoms with van der Waals surface area (Å²) in [6, 6.07) is 15.5. The first-order valence-corrected chi connectivity index (χ1v) is 7.94. The second-order valence-electron chi connectivity index (χ2n) is 5.71. The maximum atomic E-state index is 11.7. The first-order valence-electron chi connectivity index (χ1n) is 7.94. The highest BCUT2D eigenvalue weighted by Crippen LogP contribution is 2.40. The molecule has 0 aromatic heterocycles. The molecule has 3 rings (SSSR count). The molecular formula is C18H20N2O4. The van der Waals surface area contributed by atoms with Crippen LogP contribution in [0.2, 0.25) is 0 Å². The molecule has 1 fully saturated rings. The van der Waals surface area contributed by atoms with Crippen LogP contribution in [-0.2, 0) is 4.84 Å². The van der Waals surface area contributed by atoms with Gasteiger partial charge in [-0.15, -0.1) is 0 Å². The van der Waals surface area contributed by atoms with Gasteiger partial charge in [0.25, 0.3) is 6.04 Å². The number of nitrogens with zero attached hydrogens (tertiary/aromatic N) is 2. The molecular weight excluding hydrogens is 308 g/mol. The number of ether oxygens (including phenoxy) is 1. The predicted molar refractivity (Wildman–Crippen MR) is 90.6 cm³/mol. The number of hydrogen-bond donors (Lipinski definition) is 0. The molecule has 126 valence electrons. The number of nitro groups is 1. The van der Waals surface area contributed by atoms with Crippen LogP contribution >= 0.6 is 0 Å². The summed E-state index contributed by atoms with van der Waals surface area (Å²) in [5, 5.41) is 13.4. The zero-order chi connectivity index (χ0) is 17.1. The summed E-state index contributed by atoms with van der Waals surface area (Å²) in [5.41, 5.74) is 1.64. The van der Waals surface area contributed by atoms with E-state index in [1.807, 2.05) is 61.5 Å². The third-order valence-electron chi connectivity index (χ3n) is 4.32. The Hall–Kier alpha value is -2.60. The molecule has 0 bridgehead atoms. The van der Waals surface area contributed by atoms with Crippen molar-refractivity contribution in [3.8, 4) is 5.75 Å². The summed E-state index contributed by atoms with van der Waals surface area (Å²) in [6.45, 7) is 1.90. The standard InChI is InChI=1S/C18H20N2O4/c1-3-16-18(20(21)22)17(13-9-11-15(23-2)12-10-13)19(24-16)14-7-5-4-6-8-14/h4-12,16-18H,3H2,1-2H3/t16-,17-,18-/m1/s1. The highest BCUT2D eigenvalue weighted by atomic mass is 16.7. The summed E-state index contributed by atoms with van der Waals surface area (Å²) >= 11 is 0. The third kappa shape index (κ3) is 2.92. The summed E-state index contributed by atoms with van der Waals surface area (Å²) in [6.07, 6.45) is 0.106. The van der Waals surface area contributed by atoms with Crippen molar-refractivity contribution >= 4 is 5.69 Å². The minimum absolute atomic E-state index is 0.230. The van der Waals surface area contributed by atoms with Gasteiger partial charge in [0.2, 0.25) is 0 Å². The van der Waals surface area contributed by atoms with Crippen LogP contribution in [0.3, 0.4) is 0 Å². The van der Waals surface area contributed by atoms with Gasteiger partial charge in [-0.2, -0.15) is 0 Å². The van der Waals surface area contributed by atoms with E-state index in [0.29, 0.717) is 12.2 Å². The monoisotopic (exact) mass is 328 g/mol. The Morgan fingerprint density at radius 1 is 1.17 bits per heavy atom. The van der Waals surface area contributed by atoms with Crippen molar-refractivity contribution in [1.82, 2.24) is 0 Å². The van der Waals surface area contributed by atoms with Gasteiger partial charge in [0, 0.05) is 4.92 Å². The van der Waals surface area contributed by atoms with E-state index in [4.69, 9.17) is 9.57 Å². The Bertz CT molecular complexity index is 690. The molecule has 24 heavy (non-hydrogen) atoms. The Morgan fingerprint density at radius 2 is 1.83 bits per heavy atom. The number of hydrogen-bond acceptors (Lipinski definition) is 5. The van der Waals surface area contributed by atoms with E-state index < -0.39 is 18.2 Å². The molecule has 2 aromatic rings. The SMILES string of the molecule is CC[C@H]1ON(c2ccccc2)[C@H](c2ccc(OC)cc2)[C@@H]1[N+](=O)[O-]. The van der Waals surface area contributed by atoms with Crippen molar-refractivity contribution in [3.63, 3.8) is 0 Å². The summed E-state index contributed by atoms with van der Waals surface area (Å²) in [4.78, 5) is 17.5. The Morgan fingerprint density at radius 3 is 2.38 bits per heavy atom. The minimum Gasteiger partial charge on any atom is -0.497 e. The largest absolute Gasteiger partial charge is 0.497 e. The third-order valence-corrected chi connectivity index (χ3v) is 4.32. The van der Waals surface area contributed by atoms with Gasteiger partial charge in [0.15, 0.2) is 12.1 Å². The first kappa shape index (κ1) is 16.3. The Balaban J connectivity index is 2.04. The number of benzene rings is 2. The van der Waals surface area contributed by atoms with Crippen molar-refractivity contribution in [2.75, 3.05) is 12.2 Å². The normalized spacial score (nSPS) is 23.2. The second-order valence-corrected chi connectivity index (χ2v) is 5.71. The molecule has 1 aliphatic heterocycles. The van der Waals surface area contributed by atoms with Crippen LogP contribution in [0.15, 0.2) is 54.6 Å². The van der Waals surface area contributed by atoms with Crippen molar-refractivity contribution in [1.29, 1.82) is 0 Å². The van der Waals surface area contributed by atoms with Gasteiger partial charge in [0.1, 0.15) is 5.75 Å². The van der Waals surface area contributed by atoms with E-state index in [9.17, 15) is 10.1 Å². The number of methoxy groups -OCH3 is 1. The van der Waals surface area contributed by atoms with E-state index in [1.54, 1.807) is 12.2 Å². The Labute approximate surface area is 140 Å². The maximum absolute atomic E-state index is 11.7. The molecule has 0 amide bonds. The Kier molecular flexibility index (Phi) is 4.66. The van der Waals surface area contributed by atoms with Crippen LogP contribution < -0.4 is 9.80 Å². The fraction of sp³-hybridized carbons (Fsp3) is 0.333. The van der Waals surface area contributed by atoms with Gasteiger partial charge < -0.3 is 4.74 Å². The zero-order valence-corrected chi connectivity index (χ0v) is 13.7. The van der Waals surface area contributed by atoms with Gasteiger partial charge in [-0.05, 0) is 36.2 Å². The molecule has 3 atom stereocenters. The maximum Gasteiger partial charge on any atom is 0.267 e. The number of hydroxylamine groups is 1. The van der Waals surface area contributed by atoms with E-state index >= 15 is 0 Å². The minimum atomic E-state index is -0.830. The molecule has 6 nitrogen and oxygen atoms in total. The molecule has 1 saturated heterocycles. The van der Waals surface area contributed by atoms with Crippen molar-refractivity contribution in [2.24, 2.45) is 0 Å². The zero-order valence-electron chi connectivity index (χ0n) is 13.7. The van der Waals surface area contributed by atoms with Crippen LogP contribution in [-0.4, -0.2) is 24.2 Å². The lowest BCUT2D eigenvalue weighted by atomic mass is 9.95. The molecule has 0 unspecified atom stereocenters. The van der Waals surface area contributed by atoms with Gasteiger partial charge in [-0.1, -0.05) is 37.3 Å². The quantitative estimate of drug-likeness (QED) is 0.619. The van der Waals surface area contributed by atoms with Crippen LogP contribution in [0.5, 0.6) is 5.75 Å². The molecule has 1 heterocycles. The van der Waals surface area contributed by atoms with E-state index in [0.717, 1.165) is 11.3 Å². The molecule has 2 aromatic carbocycles. The molecule has 0 spiro atoms. The molecule has 1 aliphatic rings. The molecule has 0 aliphatic carbocycles. The van der Waals surface area contributed by atoms with E-state index in [-0.39, 0.29) is 4.92 Å². The number of para-hydroxylation sites is 1. The van der Waals surface area contributed by atoms with Crippen LogP contribution in [0.25, 0.3) is 0 Å². The lowest BCUT2D eigenvalue weighted by Crippen LogP contribution is -2.34. The van der Waals surface area contributed by atoms with E-state index in [1.165, 1.54) is 0 Å². The number of rotatable bonds is 5. The number of anilines is 1. The van der Waals surface area contributed by atoms with Crippen molar-refractivity contribution in [2.45, 2.75) is 31.5 Å². The lowest BCUT2D eigenvalue weighted by molar-refractivity contribution is -0.529. The highest BCUT2D eigenvalue weighted by molar-refractivity contribution is 5.48. The van der Waals surface area contributed by atoms with Gasteiger partial charge in [-0.3, -0.25) is 15.0 Å². The van der Waals surface area contributed by atoms with Crippen LogP contribution in [0.1, 0.15) is 24.9 Å². The lowest BCUT2D eigenvalue weighted by Gasteiger charge is -2.24. The van der Waals surface area contributed by atoms with Crippen LogP contribution in [0, 0.1) is 10.1 Å². The van der Waals surface area contributed by atoms with Gasteiger partial charge in [-0.25, -0.2) is 5.06 Å². The van der Waals surface area contributed by atoms with Gasteiger partial charge in [0.05, 0.1) is 12.8 Å². The van der Waals surface area contributed by atoms with Crippen molar-refractivity contribution < 1.29 is 14.5 Å². The van der Waals surface area contributed by atoms with Gasteiger partial charge >= 0.3 is 0 Å². The van der Waals surface area contributed by atoms with Crippen molar-refractivity contribution in [3.05, 3.63) is 70.3 Å². The van der Waals surface area contributed by atoms with Crippen LogP contribution in [0.4, 0.5) is 5.69 Å². The molecule has 6 heteroatoms. The second kappa shape index (κ2) is 6.88. The summed E-state index contributed by atoms with van der Waals surface area (Å²) in [5.74, 6) is 0.716. The summed E-state index contributed by atoms with van der Waals surface area (Å²) < 4.78 is 5.18. The highest BCUT2D eigenvalue weighted by Gasteiger charge is 2.51. The smallest absolute Gasteiger partial charge is 0.267 e.